The lowest BCUT2D eigenvalue weighted by molar-refractivity contribution is -0.173. The van der Waals surface area contributed by atoms with Crippen molar-refractivity contribution in [3.8, 4) is 0 Å². The number of hydrogen-bond donors (Lipinski definition) is 2. The number of carboxylic acid groups (broad SMARTS) is 1. The Morgan fingerprint density at radius 3 is 2.84 bits per heavy atom. The molecule has 6 nitrogen and oxygen atoms in total. The Labute approximate surface area is 145 Å². The largest absolute Gasteiger partial charge is 0.475 e. The van der Waals surface area contributed by atoms with Crippen LogP contribution in [0.25, 0.3) is 11.0 Å². The first-order valence-corrected chi connectivity index (χ1v) is 8.46. The van der Waals surface area contributed by atoms with E-state index in [0.29, 0.717) is 19.4 Å². The quantitative estimate of drug-likeness (QED) is 0.800. The topological polar surface area (TPSA) is 89.1 Å². The molecule has 0 saturated heterocycles. The number of furan rings is 1. The molecule has 0 spiro atoms. The van der Waals surface area contributed by atoms with Crippen LogP contribution in [0.15, 0.2) is 46.8 Å². The fourth-order valence-corrected chi connectivity index (χ4v) is 3.37. The molecular formula is C19H22O6. The summed E-state index contributed by atoms with van der Waals surface area (Å²) in [5, 5.41) is 19.6. The van der Waals surface area contributed by atoms with Crippen molar-refractivity contribution in [2.45, 2.75) is 32.0 Å². The molecule has 3 atom stereocenters. The van der Waals surface area contributed by atoms with Gasteiger partial charge in [0.05, 0.1) is 6.26 Å². The van der Waals surface area contributed by atoms with E-state index in [9.17, 15) is 15.0 Å². The third kappa shape index (κ3) is 3.55. The molecule has 3 rings (SSSR count). The van der Waals surface area contributed by atoms with Gasteiger partial charge in [0.2, 0.25) is 12.0 Å². The Bertz CT molecular complexity index is 762. The number of carboxylic acids is 1. The van der Waals surface area contributed by atoms with Gasteiger partial charge in [-0.3, -0.25) is 0 Å². The smallest absolute Gasteiger partial charge is 0.370 e. The van der Waals surface area contributed by atoms with Crippen molar-refractivity contribution in [2.75, 3.05) is 13.2 Å². The number of rotatable bonds is 7. The van der Waals surface area contributed by atoms with Crippen LogP contribution in [0.1, 0.15) is 31.2 Å². The van der Waals surface area contributed by atoms with E-state index in [1.165, 1.54) is 0 Å². The number of fused-ring (bicyclic) bond motifs is 1. The van der Waals surface area contributed by atoms with Gasteiger partial charge in [-0.25, -0.2) is 4.79 Å². The van der Waals surface area contributed by atoms with Gasteiger partial charge in [0, 0.05) is 36.0 Å². The summed E-state index contributed by atoms with van der Waals surface area (Å²) in [6.45, 7) is 2.31. The Morgan fingerprint density at radius 1 is 1.32 bits per heavy atom. The second kappa shape index (κ2) is 7.72. The zero-order chi connectivity index (χ0) is 17.8. The molecule has 0 aliphatic carbocycles. The molecule has 0 bridgehead atoms. The molecule has 0 radical (unpaired) electrons. The SMILES string of the molecule is CCO[C@H]1OC(C(=O)O)=C[C@@H](c2coc3ccccc23)[C@@H]1CCCO. The predicted molar refractivity (Wildman–Crippen MR) is 91.0 cm³/mol. The standard InChI is InChI=1S/C19H22O6/c1-2-23-19-13(7-5-9-20)14(10-17(25-19)18(21)22)15-11-24-16-8-4-3-6-12(15)16/h3-4,6,8,10-11,13-14,19-20H,2,5,7,9H2,1H3,(H,21,22)/t13-,14+,19-/m0/s1. The maximum absolute atomic E-state index is 11.5. The number of allylic oxidation sites excluding steroid dienone is 1. The number of aliphatic carboxylic acids is 1. The fourth-order valence-electron chi connectivity index (χ4n) is 3.37. The number of ether oxygens (including phenoxy) is 2. The minimum Gasteiger partial charge on any atom is -0.475 e. The first-order chi connectivity index (χ1) is 12.2. The molecule has 0 saturated carbocycles. The van der Waals surface area contributed by atoms with Gasteiger partial charge in [-0.2, -0.15) is 0 Å². The van der Waals surface area contributed by atoms with Gasteiger partial charge in [-0.05, 0) is 31.9 Å². The van der Waals surface area contributed by atoms with E-state index in [-0.39, 0.29) is 24.2 Å². The molecule has 2 aromatic rings. The zero-order valence-electron chi connectivity index (χ0n) is 14.1. The lowest BCUT2D eigenvalue weighted by atomic mass is 9.80. The summed E-state index contributed by atoms with van der Waals surface area (Å²) in [6.07, 6.45) is 3.85. The normalized spacial score (nSPS) is 23.3. The van der Waals surface area contributed by atoms with Crippen molar-refractivity contribution in [1.29, 1.82) is 0 Å². The van der Waals surface area contributed by atoms with Gasteiger partial charge in [-0.1, -0.05) is 18.2 Å². The summed E-state index contributed by atoms with van der Waals surface area (Å²) in [6, 6.07) is 7.65. The van der Waals surface area contributed by atoms with Gasteiger partial charge in [0.25, 0.3) is 0 Å². The second-order valence-corrected chi connectivity index (χ2v) is 6.02. The molecule has 0 fully saturated rings. The van der Waals surface area contributed by atoms with Gasteiger partial charge in [-0.15, -0.1) is 0 Å². The lowest BCUT2D eigenvalue weighted by Gasteiger charge is -2.36. The molecule has 134 valence electrons. The van der Waals surface area contributed by atoms with Crippen molar-refractivity contribution in [3.05, 3.63) is 47.9 Å². The number of para-hydroxylation sites is 1. The molecule has 1 aliphatic heterocycles. The molecule has 0 amide bonds. The van der Waals surface area contributed by atoms with E-state index >= 15 is 0 Å². The molecule has 2 N–H and O–H groups in total. The van der Waals surface area contributed by atoms with Crippen LogP contribution in [0.5, 0.6) is 0 Å². The van der Waals surface area contributed by atoms with Crippen molar-refractivity contribution in [3.63, 3.8) is 0 Å². The Hall–Kier alpha value is -2.31. The van der Waals surface area contributed by atoms with Crippen LogP contribution in [0.4, 0.5) is 0 Å². The summed E-state index contributed by atoms with van der Waals surface area (Å²) in [7, 11) is 0. The minimum atomic E-state index is -1.12. The highest BCUT2D eigenvalue weighted by molar-refractivity contribution is 5.86. The molecule has 0 unspecified atom stereocenters. The van der Waals surface area contributed by atoms with Crippen LogP contribution in [0, 0.1) is 5.92 Å². The van der Waals surface area contributed by atoms with Crippen molar-refractivity contribution in [1.82, 2.24) is 0 Å². The monoisotopic (exact) mass is 346 g/mol. The maximum Gasteiger partial charge on any atom is 0.370 e. The van der Waals surface area contributed by atoms with Crippen molar-refractivity contribution >= 4 is 16.9 Å². The fraction of sp³-hybridized carbons (Fsp3) is 0.421. The van der Waals surface area contributed by atoms with Gasteiger partial charge < -0.3 is 24.1 Å². The number of aliphatic hydroxyl groups excluding tert-OH is 1. The van der Waals surface area contributed by atoms with Crippen LogP contribution >= 0.6 is 0 Å². The minimum absolute atomic E-state index is 0.0592. The summed E-state index contributed by atoms with van der Waals surface area (Å²) in [4.78, 5) is 11.5. The van der Waals surface area contributed by atoms with Crippen LogP contribution in [0.3, 0.4) is 0 Å². The van der Waals surface area contributed by atoms with E-state index in [0.717, 1.165) is 16.5 Å². The Balaban J connectivity index is 2.06. The van der Waals surface area contributed by atoms with Crippen LogP contribution in [-0.2, 0) is 14.3 Å². The highest BCUT2D eigenvalue weighted by Crippen LogP contribution is 2.42. The van der Waals surface area contributed by atoms with E-state index in [2.05, 4.69) is 0 Å². The number of hydrogen-bond acceptors (Lipinski definition) is 5. The summed E-state index contributed by atoms with van der Waals surface area (Å²) >= 11 is 0. The number of benzene rings is 1. The highest BCUT2D eigenvalue weighted by Gasteiger charge is 2.39. The van der Waals surface area contributed by atoms with E-state index < -0.39 is 12.3 Å². The maximum atomic E-state index is 11.5. The third-order valence-electron chi connectivity index (χ3n) is 4.49. The molecule has 6 heteroatoms. The first-order valence-electron chi connectivity index (χ1n) is 8.46. The average molecular weight is 346 g/mol. The van der Waals surface area contributed by atoms with Crippen molar-refractivity contribution < 1.29 is 28.9 Å². The Kier molecular flexibility index (Phi) is 5.40. The highest BCUT2D eigenvalue weighted by atomic mass is 16.7. The predicted octanol–water partition coefficient (Wildman–Crippen LogP) is 3.27. The summed E-state index contributed by atoms with van der Waals surface area (Å²) in [5.41, 5.74) is 1.66. The van der Waals surface area contributed by atoms with E-state index in [1.54, 1.807) is 12.3 Å². The van der Waals surface area contributed by atoms with Gasteiger partial charge in [0.15, 0.2) is 0 Å². The molecule has 2 heterocycles. The molecule has 1 aromatic heterocycles. The number of carbonyl (C=O) groups is 1. The molecule has 1 aliphatic rings. The Morgan fingerprint density at radius 2 is 2.12 bits per heavy atom. The summed E-state index contributed by atoms with van der Waals surface area (Å²) < 4.78 is 16.9. The van der Waals surface area contributed by atoms with E-state index in [1.807, 2.05) is 31.2 Å². The molecular weight excluding hydrogens is 324 g/mol. The number of aliphatic hydroxyl groups is 1. The van der Waals surface area contributed by atoms with Crippen LogP contribution < -0.4 is 0 Å². The van der Waals surface area contributed by atoms with Crippen LogP contribution in [0.2, 0.25) is 0 Å². The van der Waals surface area contributed by atoms with E-state index in [4.69, 9.17) is 13.9 Å². The second-order valence-electron chi connectivity index (χ2n) is 6.02. The first kappa shape index (κ1) is 17.5. The lowest BCUT2D eigenvalue weighted by Crippen LogP contribution is -2.36. The average Bonchev–Trinajstić information content (AvgIpc) is 3.04. The molecule has 25 heavy (non-hydrogen) atoms. The zero-order valence-corrected chi connectivity index (χ0v) is 14.1. The van der Waals surface area contributed by atoms with Crippen LogP contribution in [-0.4, -0.2) is 35.7 Å². The van der Waals surface area contributed by atoms with Gasteiger partial charge in [0.1, 0.15) is 5.58 Å². The summed E-state index contributed by atoms with van der Waals surface area (Å²) in [5.74, 6) is -1.58. The van der Waals surface area contributed by atoms with Gasteiger partial charge >= 0.3 is 5.97 Å². The third-order valence-corrected chi connectivity index (χ3v) is 4.49. The molecule has 1 aromatic carbocycles. The van der Waals surface area contributed by atoms with Crippen molar-refractivity contribution in [2.24, 2.45) is 5.92 Å².